The maximum absolute atomic E-state index is 11.2. The molecule has 0 aliphatic carbocycles. The Bertz CT molecular complexity index is 542. The van der Waals surface area contributed by atoms with E-state index >= 15 is 0 Å². The molecule has 88 valence electrons. The van der Waals surface area contributed by atoms with E-state index in [1.165, 1.54) is 36.2 Å². The molecule has 0 saturated carbocycles. The van der Waals surface area contributed by atoms with Crippen LogP contribution in [0.2, 0.25) is 0 Å². The molecular formula is C9H9N5O2S. The Labute approximate surface area is 101 Å². The van der Waals surface area contributed by atoms with E-state index in [-0.39, 0.29) is 5.82 Å². The monoisotopic (exact) mass is 251 g/mol. The number of aromatic nitrogens is 5. The van der Waals surface area contributed by atoms with Crippen LogP contribution in [0.4, 0.5) is 0 Å². The van der Waals surface area contributed by atoms with Crippen molar-refractivity contribution in [2.24, 2.45) is 0 Å². The molecule has 17 heavy (non-hydrogen) atoms. The molecule has 0 aliphatic rings. The van der Waals surface area contributed by atoms with Crippen LogP contribution in [-0.4, -0.2) is 44.1 Å². The standard InChI is InChI=1S/C9H9N5O2S/c1-16-9(15)8-12-5-14(13-8)6-3-7(17-2)11-4-10-6/h3-5H,1-2H3. The van der Waals surface area contributed by atoms with Crippen LogP contribution in [0.15, 0.2) is 23.7 Å². The fourth-order valence-corrected chi connectivity index (χ4v) is 1.50. The van der Waals surface area contributed by atoms with E-state index in [1.54, 1.807) is 6.07 Å². The van der Waals surface area contributed by atoms with E-state index in [0.29, 0.717) is 5.82 Å². The molecule has 0 saturated heterocycles. The average molecular weight is 251 g/mol. The molecule has 0 unspecified atom stereocenters. The quantitative estimate of drug-likeness (QED) is 0.448. The first-order chi connectivity index (χ1) is 8.24. The van der Waals surface area contributed by atoms with Gasteiger partial charge in [-0.05, 0) is 6.26 Å². The zero-order valence-electron chi connectivity index (χ0n) is 9.19. The largest absolute Gasteiger partial charge is 0.463 e. The number of methoxy groups -OCH3 is 1. The van der Waals surface area contributed by atoms with E-state index in [1.807, 2.05) is 6.26 Å². The number of nitrogens with zero attached hydrogens (tertiary/aromatic N) is 5. The summed E-state index contributed by atoms with van der Waals surface area (Å²) in [5.41, 5.74) is 0. The Hall–Kier alpha value is -1.96. The van der Waals surface area contributed by atoms with Crippen LogP contribution >= 0.6 is 11.8 Å². The highest BCUT2D eigenvalue weighted by Gasteiger charge is 2.12. The summed E-state index contributed by atoms with van der Waals surface area (Å²) in [4.78, 5) is 23.1. The second-order valence-corrected chi connectivity index (χ2v) is 3.75. The molecule has 8 heteroatoms. The minimum Gasteiger partial charge on any atom is -0.463 e. The Balaban J connectivity index is 2.33. The molecule has 0 amide bonds. The van der Waals surface area contributed by atoms with E-state index in [4.69, 9.17) is 0 Å². The van der Waals surface area contributed by atoms with Gasteiger partial charge in [-0.25, -0.2) is 24.4 Å². The molecule has 0 aromatic carbocycles. The van der Waals surface area contributed by atoms with Crippen molar-refractivity contribution in [2.45, 2.75) is 5.03 Å². The summed E-state index contributed by atoms with van der Waals surface area (Å²) in [6.45, 7) is 0. The number of rotatable bonds is 3. The van der Waals surface area contributed by atoms with Gasteiger partial charge < -0.3 is 4.74 Å². The van der Waals surface area contributed by atoms with Crippen LogP contribution in [0.1, 0.15) is 10.6 Å². The highest BCUT2D eigenvalue weighted by Crippen LogP contribution is 2.12. The molecule has 0 aliphatic heterocycles. The lowest BCUT2D eigenvalue weighted by Crippen LogP contribution is -2.06. The van der Waals surface area contributed by atoms with E-state index in [2.05, 4.69) is 24.8 Å². The van der Waals surface area contributed by atoms with Gasteiger partial charge in [0.15, 0.2) is 5.82 Å². The second-order valence-electron chi connectivity index (χ2n) is 2.92. The fourth-order valence-electron chi connectivity index (χ4n) is 1.13. The van der Waals surface area contributed by atoms with Crippen molar-refractivity contribution in [1.82, 2.24) is 24.7 Å². The molecule has 2 aromatic heterocycles. The number of carbonyl (C=O) groups is 1. The zero-order valence-corrected chi connectivity index (χ0v) is 10.0. The summed E-state index contributed by atoms with van der Waals surface area (Å²) in [6.07, 6.45) is 4.74. The summed E-state index contributed by atoms with van der Waals surface area (Å²) >= 11 is 1.49. The number of thioether (sulfide) groups is 1. The van der Waals surface area contributed by atoms with Crippen LogP contribution in [0, 0.1) is 0 Å². The van der Waals surface area contributed by atoms with Crippen LogP contribution in [-0.2, 0) is 4.74 Å². The lowest BCUT2D eigenvalue weighted by Gasteiger charge is -1.99. The van der Waals surface area contributed by atoms with Crippen molar-refractivity contribution >= 4 is 17.7 Å². The summed E-state index contributed by atoms with van der Waals surface area (Å²) in [5.74, 6) is -0.0355. The zero-order chi connectivity index (χ0) is 12.3. The van der Waals surface area contributed by atoms with Crippen LogP contribution in [0.5, 0.6) is 0 Å². The highest BCUT2D eigenvalue weighted by atomic mass is 32.2. The van der Waals surface area contributed by atoms with Crippen molar-refractivity contribution in [2.75, 3.05) is 13.4 Å². The minimum atomic E-state index is -0.581. The number of hydrogen-bond acceptors (Lipinski definition) is 7. The SMILES string of the molecule is COC(=O)c1ncn(-c2cc(SC)ncn2)n1. The highest BCUT2D eigenvalue weighted by molar-refractivity contribution is 7.98. The first-order valence-corrected chi connectivity index (χ1v) is 5.83. The van der Waals surface area contributed by atoms with Crippen LogP contribution in [0.3, 0.4) is 0 Å². The number of esters is 1. The Kier molecular flexibility index (Phi) is 3.33. The van der Waals surface area contributed by atoms with Gasteiger partial charge in [-0.2, -0.15) is 0 Å². The van der Waals surface area contributed by atoms with E-state index in [0.717, 1.165) is 5.03 Å². The van der Waals surface area contributed by atoms with Crippen LogP contribution < -0.4 is 0 Å². The minimum absolute atomic E-state index is 0.00295. The molecule has 0 spiro atoms. The van der Waals surface area contributed by atoms with Crippen molar-refractivity contribution in [1.29, 1.82) is 0 Å². The molecule has 2 aromatic rings. The maximum Gasteiger partial charge on any atom is 0.377 e. The summed E-state index contributed by atoms with van der Waals surface area (Å²) < 4.78 is 5.91. The summed E-state index contributed by atoms with van der Waals surface area (Å²) in [6, 6.07) is 1.75. The molecule has 2 rings (SSSR count). The molecule has 0 fully saturated rings. The van der Waals surface area contributed by atoms with Gasteiger partial charge >= 0.3 is 5.97 Å². The number of carbonyl (C=O) groups excluding carboxylic acids is 1. The van der Waals surface area contributed by atoms with Crippen molar-refractivity contribution in [3.63, 3.8) is 0 Å². The fraction of sp³-hybridized carbons (Fsp3) is 0.222. The normalized spacial score (nSPS) is 10.2. The smallest absolute Gasteiger partial charge is 0.377 e. The summed E-state index contributed by atoms with van der Waals surface area (Å²) in [5, 5.41) is 4.77. The first kappa shape index (κ1) is 11.5. The van der Waals surface area contributed by atoms with Crippen molar-refractivity contribution in [3.05, 3.63) is 24.5 Å². The van der Waals surface area contributed by atoms with Crippen LogP contribution in [0.25, 0.3) is 5.82 Å². The van der Waals surface area contributed by atoms with Gasteiger partial charge in [-0.3, -0.25) is 0 Å². The second kappa shape index (κ2) is 4.91. The van der Waals surface area contributed by atoms with Gasteiger partial charge in [-0.1, -0.05) is 0 Å². The van der Waals surface area contributed by atoms with Gasteiger partial charge in [0.1, 0.15) is 17.7 Å². The maximum atomic E-state index is 11.2. The molecule has 0 radical (unpaired) electrons. The molecule has 2 heterocycles. The van der Waals surface area contributed by atoms with Crippen molar-refractivity contribution in [3.8, 4) is 5.82 Å². The Morgan fingerprint density at radius 1 is 1.41 bits per heavy atom. The van der Waals surface area contributed by atoms with E-state index in [9.17, 15) is 4.79 Å². The topological polar surface area (TPSA) is 82.8 Å². The predicted octanol–water partition coefficient (Wildman–Crippen LogP) is 0.566. The summed E-state index contributed by atoms with van der Waals surface area (Å²) in [7, 11) is 1.28. The molecule has 7 nitrogen and oxygen atoms in total. The average Bonchev–Trinajstić information content (AvgIpc) is 2.87. The molecule has 0 N–H and O–H groups in total. The lowest BCUT2D eigenvalue weighted by atomic mass is 10.6. The van der Waals surface area contributed by atoms with Gasteiger partial charge in [0.2, 0.25) is 0 Å². The van der Waals surface area contributed by atoms with E-state index < -0.39 is 5.97 Å². The van der Waals surface area contributed by atoms with Gasteiger partial charge in [-0.15, -0.1) is 16.9 Å². The third kappa shape index (κ3) is 2.41. The number of hydrogen-bond donors (Lipinski definition) is 0. The number of ether oxygens (including phenoxy) is 1. The third-order valence-corrected chi connectivity index (χ3v) is 2.57. The Morgan fingerprint density at radius 3 is 2.94 bits per heavy atom. The molecular weight excluding hydrogens is 242 g/mol. The first-order valence-electron chi connectivity index (χ1n) is 4.61. The van der Waals surface area contributed by atoms with Gasteiger partial charge in [0.25, 0.3) is 5.82 Å². The Morgan fingerprint density at radius 2 is 2.24 bits per heavy atom. The van der Waals surface area contributed by atoms with Gasteiger partial charge in [0.05, 0.1) is 7.11 Å². The molecule has 0 bridgehead atoms. The molecule has 0 atom stereocenters. The van der Waals surface area contributed by atoms with Gasteiger partial charge in [0, 0.05) is 6.07 Å². The van der Waals surface area contributed by atoms with Crippen molar-refractivity contribution < 1.29 is 9.53 Å². The lowest BCUT2D eigenvalue weighted by molar-refractivity contribution is 0.0587. The predicted molar refractivity (Wildman–Crippen MR) is 60.1 cm³/mol. The third-order valence-electron chi connectivity index (χ3n) is 1.93.